The van der Waals surface area contributed by atoms with Gasteiger partial charge in [0.15, 0.2) is 0 Å². The molecule has 4 rings (SSSR count). The van der Waals surface area contributed by atoms with Crippen LogP contribution in [0.3, 0.4) is 0 Å². The SMILES string of the molecule is O=C(NCCCN1CCCCC1)C1=Cc2sc3c(c2CS1)CCCC3. The Balaban J connectivity index is 1.29. The molecular formula is C20H28N2OS2. The molecule has 1 N–H and O–H groups in total. The maximum Gasteiger partial charge on any atom is 0.257 e. The van der Waals surface area contributed by atoms with Gasteiger partial charge in [0, 0.05) is 22.1 Å². The molecule has 2 aliphatic heterocycles. The van der Waals surface area contributed by atoms with Gasteiger partial charge in [-0.25, -0.2) is 0 Å². The lowest BCUT2D eigenvalue weighted by atomic mass is 9.95. The molecule has 0 aromatic carbocycles. The number of thioether (sulfide) groups is 1. The summed E-state index contributed by atoms with van der Waals surface area (Å²) in [5.41, 5.74) is 3.13. The van der Waals surface area contributed by atoms with E-state index in [1.807, 2.05) is 11.3 Å². The number of hydrogen-bond acceptors (Lipinski definition) is 4. The van der Waals surface area contributed by atoms with Crippen LogP contribution in [0.2, 0.25) is 0 Å². The maximum atomic E-state index is 12.5. The number of thiophene rings is 1. The number of rotatable bonds is 5. The number of nitrogens with zero attached hydrogens (tertiary/aromatic N) is 1. The highest BCUT2D eigenvalue weighted by Crippen LogP contribution is 2.42. The van der Waals surface area contributed by atoms with Crippen molar-refractivity contribution in [3.8, 4) is 0 Å². The van der Waals surface area contributed by atoms with Gasteiger partial charge in [0.05, 0.1) is 4.91 Å². The van der Waals surface area contributed by atoms with Crippen LogP contribution in [0.4, 0.5) is 0 Å². The zero-order valence-electron chi connectivity index (χ0n) is 14.9. The maximum absolute atomic E-state index is 12.5. The highest BCUT2D eigenvalue weighted by Gasteiger charge is 2.24. The molecule has 0 atom stereocenters. The lowest BCUT2D eigenvalue weighted by Gasteiger charge is -2.26. The third kappa shape index (κ3) is 4.15. The minimum atomic E-state index is 0.126. The normalized spacial score (nSPS) is 20.6. The summed E-state index contributed by atoms with van der Waals surface area (Å²) in [5, 5.41) is 3.13. The van der Waals surface area contributed by atoms with Crippen molar-refractivity contribution in [1.82, 2.24) is 10.2 Å². The first-order valence-corrected chi connectivity index (χ1v) is 11.6. The summed E-state index contributed by atoms with van der Waals surface area (Å²) in [4.78, 5) is 18.9. The fraction of sp³-hybridized carbons (Fsp3) is 0.650. The summed E-state index contributed by atoms with van der Waals surface area (Å²) >= 11 is 3.65. The molecule has 1 amide bonds. The minimum Gasteiger partial charge on any atom is -0.352 e. The van der Waals surface area contributed by atoms with E-state index in [1.165, 1.54) is 68.5 Å². The monoisotopic (exact) mass is 376 g/mol. The van der Waals surface area contributed by atoms with Gasteiger partial charge < -0.3 is 10.2 Å². The van der Waals surface area contributed by atoms with Crippen LogP contribution in [-0.2, 0) is 23.4 Å². The minimum absolute atomic E-state index is 0.126. The molecule has 0 bridgehead atoms. The number of hydrogen-bond donors (Lipinski definition) is 1. The topological polar surface area (TPSA) is 32.3 Å². The standard InChI is InChI=1S/C20H28N2OS2/c23-20(21-9-6-12-22-10-4-1-5-11-22)19-13-18-16(14-24-19)15-7-2-3-8-17(15)25-18/h13H,1-12,14H2,(H,21,23). The molecule has 1 aromatic rings. The van der Waals surface area contributed by atoms with Crippen LogP contribution in [0.15, 0.2) is 4.91 Å². The van der Waals surface area contributed by atoms with E-state index in [1.54, 1.807) is 22.2 Å². The van der Waals surface area contributed by atoms with E-state index < -0.39 is 0 Å². The number of fused-ring (bicyclic) bond motifs is 3. The molecule has 1 saturated heterocycles. The highest BCUT2D eigenvalue weighted by atomic mass is 32.2. The van der Waals surface area contributed by atoms with Crippen molar-refractivity contribution in [2.75, 3.05) is 26.2 Å². The molecule has 0 radical (unpaired) electrons. The van der Waals surface area contributed by atoms with Crippen molar-refractivity contribution >= 4 is 35.1 Å². The van der Waals surface area contributed by atoms with Crippen LogP contribution in [-0.4, -0.2) is 37.0 Å². The second kappa shape index (κ2) is 8.28. The van der Waals surface area contributed by atoms with Crippen molar-refractivity contribution in [3.05, 3.63) is 25.8 Å². The van der Waals surface area contributed by atoms with Crippen molar-refractivity contribution < 1.29 is 4.79 Å². The highest BCUT2D eigenvalue weighted by molar-refractivity contribution is 8.03. The fourth-order valence-corrected chi connectivity index (χ4v) is 6.70. The molecule has 1 fully saturated rings. The molecule has 0 unspecified atom stereocenters. The number of amides is 1. The third-order valence-corrected chi connectivity index (χ3v) is 7.88. The van der Waals surface area contributed by atoms with Crippen LogP contribution in [0.1, 0.15) is 59.4 Å². The number of carbonyl (C=O) groups excluding carboxylic acids is 1. The first kappa shape index (κ1) is 17.6. The Labute approximate surface area is 159 Å². The summed E-state index contributed by atoms with van der Waals surface area (Å²) in [6.45, 7) is 4.39. The number of piperidine rings is 1. The number of likely N-dealkylation sites (tertiary alicyclic amines) is 1. The van der Waals surface area contributed by atoms with Gasteiger partial charge in [0.2, 0.25) is 0 Å². The Hall–Kier alpha value is -0.780. The van der Waals surface area contributed by atoms with Crippen LogP contribution < -0.4 is 5.32 Å². The van der Waals surface area contributed by atoms with Crippen LogP contribution in [0.25, 0.3) is 6.08 Å². The summed E-state index contributed by atoms with van der Waals surface area (Å²) in [5.74, 6) is 1.11. The van der Waals surface area contributed by atoms with E-state index in [0.717, 1.165) is 30.2 Å². The van der Waals surface area contributed by atoms with Crippen LogP contribution in [0, 0.1) is 0 Å². The van der Waals surface area contributed by atoms with Gasteiger partial charge in [-0.1, -0.05) is 6.42 Å². The number of aryl methyl sites for hydroxylation is 1. The smallest absolute Gasteiger partial charge is 0.257 e. The predicted molar refractivity (Wildman–Crippen MR) is 108 cm³/mol. The second-order valence-electron chi connectivity index (χ2n) is 7.36. The zero-order valence-corrected chi connectivity index (χ0v) is 16.6. The van der Waals surface area contributed by atoms with Crippen LogP contribution >= 0.6 is 23.1 Å². The van der Waals surface area contributed by atoms with E-state index in [-0.39, 0.29) is 5.91 Å². The summed E-state index contributed by atoms with van der Waals surface area (Å²) < 4.78 is 0. The van der Waals surface area contributed by atoms with E-state index >= 15 is 0 Å². The van der Waals surface area contributed by atoms with E-state index in [4.69, 9.17) is 0 Å². The van der Waals surface area contributed by atoms with Gasteiger partial charge in [0.25, 0.3) is 5.91 Å². The Morgan fingerprint density at radius 1 is 1.08 bits per heavy atom. The molecule has 1 aliphatic carbocycles. The average molecular weight is 377 g/mol. The Bertz CT molecular complexity index is 659. The van der Waals surface area contributed by atoms with Gasteiger partial charge in [-0.05, 0) is 81.8 Å². The van der Waals surface area contributed by atoms with E-state index in [9.17, 15) is 4.79 Å². The molecule has 25 heavy (non-hydrogen) atoms. The number of carbonyl (C=O) groups is 1. The Morgan fingerprint density at radius 3 is 2.80 bits per heavy atom. The summed E-state index contributed by atoms with van der Waals surface area (Å²) in [6.07, 6.45) is 12.4. The summed E-state index contributed by atoms with van der Waals surface area (Å²) in [7, 11) is 0. The second-order valence-corrected chi connectivity index (χ2v) is 9.52. The van der Waals surface area contributed by atoms with Gasteiger partial charge in [-0.15, -0.1) is 23.1 Å². The van der Waals surface area contributed by atoms with Gasteiger partial charge >= 0.3 is 0 Å². The van der Waals surface area contributed by atoms with Crippen molar-refractivity contribution in [1.29, 1.82) is 0 Å². The van der Waals surface area contributed by atoms with E-state index in [0.29, 0.717) is 0 Å². The average Bonchev–Trinajstić information content (AvgIpc) is 3.03. The third-order valence-electron chi connectivity index (χ3n) is 5.56. The zero-order chi connectivity index (χ0) is 17.1. The lowest BCUT2D eigenvalue weighted by molar-refractivity contribution is -0.116. The molecule has 5 heteroatoms. The predicted octanol–water partition coefficient (Wildman–Crippen LogP) is 4.21. The van der Waals surface area contributed by atoms with E-state index in [2.05, 4.69) is 16.3 Å². The largest absolute Gasteiger partial charge is 0.352 e. The number of nitrogens with one attached hydrogen (secondary N) is 1. The molecule has 136 valence electrons. The van der Waals surface area contributed by atoms with Gasteiger partial charge in [-0.3, -0.25) is 4.79 Å². The molecule has 0 saturated carbocycles. The van der Waals surface area contributed by atoms with Crippen LogP contribution in [0.5, 0.6) is 0 Å². The molecule has 3 heterocycles. The lowest BCUT2D eigenvalue weighted by Crippen LogP contribution is -2.33. The quantitative estimate of drug-likeness (QED) is 0.782. The molecule has 0 spiro atoms. The summed E-state index contributed by atoms with van der Waals surface area (Å²) in [6, 6.07) is 0. The molecular weight excluding hydrogens is 348 g/mol. The first-order valence-electron chi connectivity index (χ1n) is 9.80. The van der Waals surface area contributed by atoms with Gasteiger partial charge in [0.1, 0.15) is 0 Å². The Kier molecular flexibility index (Phi) is 5.83. The molecule has 1 aromatic heterocycles. The molecule has 3 aliphatic rings. The Morgan fingerprint density at radius 2 is 1.92 bits per heavy atom. The van der Waals surface area contributed by atoms with Gasteiger partial charge in [-0.2, -0.15) is 0 Å². The molecule has 3 nitrogen and oxygen atoms in total. The van der Waals surface area contributed by atoms with Crippen molar-refractivity contribution in [2.24, 2.45) is 0 Å². The van der Waals surface area contributed by atoms with Crippen molar-refractivity contribution in [3.63, 3.8) is 0 Å². The van der Waals surface area contributed by atoms with Crippen molar-refractivity contribution in [2.45, 2.75) is 57.1 Å². The first-order chi connectivity index (χ1) is 12.3. The fourth-order valence-electron chi connectivity index (χ4n) is 4.14.